The van der Waals surface area contributed by atoms with Gasteiger partial charge in [-0.3, -0.25) is 0 Å². The molecule has 1 heterocycles. The van der Waals surface area contributed by atoms with Crippen molar-refractivity contribution in [2.24, 2.45) is 0 Å². The molecule has 2 aromatic carbocycles. The topological polar surface area (TPSA) is 27.1 Å². The van der Waals surface area contributed by atoms with Crippen LogP contribution in [-0.2, 0) is 12.0 Å². The fourth-order valence-corrected chi connectivity index (χ4v) is 5.24. The number of ether oxygens (including phenoxy) is 1. The normalized spacial score (nSPS) is 21.9. The highest BCUT2D eigenvalue weighted by molar-refractivity contribution is 6.35. The van der Waals surface area contributed by atoms with Crippen LogP contribution in [0.3, 0.4) is 0 Å². The van der Waals surface area contributed by atoms with Crippen LogP contribution < -0.4 is 4.74 Å². The monoisotopic (exact) mass is 468 g/mol. The highest BCUT2D eigenvalue weighted by Gasteiger charge is 2.39. The summed E-state index contributed by atoms with van der Waals surface area (Å²) in [6, 6.07) is 11.1. The lowest BCUT2D eigenvalue weighted by molar-refractivity contribution is 0.108. The Hall–Kier alpha value is -1.39. The van der Waals surface area contributed by atoms with E-state index in [2.05, 4.69) is 15.6 Å². The fraction of sp³-hybridized carbons (Fsp3) is 0.318. The average molecular weight is 470 g/mol. The maximum atomic E-state index is 6.62. The van der Waals surface area contributed by atoms with Gasteiger partial charge in [0.05, 0.1) is 17.5 Å². The van der Waals surface area contributed by atoms with E-state index in [0.29, 0.717) is 25.8 Å². The second-order valence-corrected chi connectivity index (χ2v) is 9.22. The van der Waals surface area contributed by atoms with Crippen LogP contribution in [0.15, 0.2) is 55.1 Å². The third-order valence-electron chi connectivity index (χ3n) is 5.62. The molecule has 0 saturated heterocycles. The summed E-state index contributed by atoms with van der Waals surface area (Å²) in [7, 11) is 0. The van der Waals surface area contributed by atoms with E-state index >= 15 is 0 Å². The molecule has 0 radical (unpaired) electrons. The van der Waals surface area contributed by atoms with Crippen molar-refractivity contribution in [3.05, 3.63) is 80.8 Å². The van der Waals surface area contributed by atoms with Crippen molar-refractivity contribution in [3.63, 3.8) is 0 Å². The first-order valence-corrected chi connectivity index (χ1v) is 11.0. The van der Waals surface area contributed by atoms with Gasteiger partial charge in [-0.05, 0) is 61.6 Å². The lowest BCUT2D eigenvalue weighted by Gasteiger charge is -2.41. The minimum atomic E-state index is -0.105. The molecule has 0 bridgehead atoms. The second kappa shape index (κ2) is 8.77. The molecular weight excluding hydrogens is 450 g/mol. The maximum Gasteiger partial charge on any atom is 0.138 e. The van der Waals surface area contributed by atoms with Gasteiger partial charge in [-0.15, -0.1) is 0 Å². The Labute approximate surface area is 190 Å². The Kier molecular flexibility index (Phi) is 6.31. The molecular formula is C22H20Cl4N2O. The summed E-state index contributed by atoms with van der Waals surface area (Å²) in [6.45, 7) is 0.808. The Morgan fingerprint density at radius 2 is 1.66 bits per heavy atom. The van der Waals surface area contributed by atoms with Gasteiger partial charge in [0.15, 0.2) is 0 Å². The largest absolute Gasteiger partial charge is 0.489 e. The van der Waals surface area contributed by atoms with Crippen molar-refractivity contribution >= 4 is 46.4 Å². The van der Waals surface area contributed by atoms with Crippen LogP contribution in [0.4, 0.5) is 0 Å². The molecule has 1 fully saturated rings. The van der Waals surface area contributed by atoms with E-state index in [1.807, 2.05) is 30.7 Å². The van der Waals surface area contributed by atoms with Crippen LogP contribution in [0.1, 0.15) is 31.2 Å². The summed E-state index contributed by atoms with van der Waals surface area (Å²) in [5, 5.41) is 2.49. The lowest BCUT2D eigenvalue weighted by Crippen LogP contribution is -2.39. The van der Waals surface area contributed by atoms with Crippen LogP contribution in [0.5, 0.6) is 5.75 Å². The minimum Gasteiger partial charge on any atom is -0.489 e. The average Bonchev–Trinajstić information content (AvgIpc) is 3.18. The molecule has 7 heteroatoms. The van der Waals surface area contributed by atoms with Crippen molar-refractivity contribution in [1.82, 2.24) is 9.55 Å². The van der Waals surface area contributed by atoms with Gasteiger partial charge in [0.1, 0.15) is 5.75 Å². The Balaban J connectivity index is 1.56. The molecule has 1 aliphatic rings. The summed E-state index contributed by atoms with van der Waals surface area (Å²) in [5.74, 6) is 0.674. The molecule has 0 amide bonds. The van der Waals surface area contributed by atoms with Crippen molar-refractivity contribution in [2.45, 2.75) is 43.7 Å². The first kappa shape index (κ1) is 20.9. The highest BCUT2D eigenvalue weighted by Crippen LogP contribution is 2.45. The standard InChI is InChI=1S/C22H20Cl4N2O/c23-15-1-3-18(19(25)11-15)22(13-28-10-9-27-14-28)7-5-17(6-8-22)29-21-4-2-16(24)12-20(21)26/h1-4,9-12,14,17H,5-8,13H2. The van der Waals surface area contributed by atoms with Gasteiger partial charge in [-0.1, -0.05) is 52.5 Å². The molecule has 0 N–H and O–H groups in total. The number of hydrogen-bond acceptors (Lipinski definition) is 2. The van der Waals surface area contributed by atoms with Crippen LogP contribution in [0.2, 0.25) is 20.1 Å². The van der Waals surface area contributed by atoms with Crippen molar-refractivity contribution in [2.75, 3.05) is 0 Å². The smallest absolute Gasteiger partial charge is 0.138 e. The van der Waals surface area contributed by atoms with E-state index in [0.717, 1.165) is 37.8 Å². The predicted molar refractivity (Wildman–Crippen MR) is 120 cm³/mol. The quantitative estimate of drug-likeness (QED) is 0.387. The van der Waals surface area contributed by atoms with E-state index in [1.54, 1.807) is 18.3 Å². The Bertz CT molecular complexity index is 982. The van der Waals surface area contributed by atoms with Gasteiger partial charge in [0, 0.05) is 39.4 Å². The third-order valence-corrected chi connectivity index (χ3v) is 6.70. The lowest BCUT2D eigenvalue weighted by atomic mass is 9.68. The van der Waals surface area contributed by atoms with Crippen LogP contribution in [-0.4, -0.2) is 15.7 Å². The van der Waals surface area contributed by atoms with Gasteiger partial charge in [0.2, 0.25) is 0 Å². The Morgan fingerprint density at radius 3 is 2.28 bits per heavy atom. The highest BCUT2D eigenvalue weighted by atomic mass is 35.5. The molecule has 152 valence electrons. The van der Waals surface area contributed by atoms with Gasteiger partial charge < -0.3 is 9.30 Å². The molecule has 3 nitrogen and oxygen atoms in total. The maximum absolute atomic E-state index is 6.62. The molecule has 0 spiro atoms. The number of nitrogens with zero attached hydrogens (tertiary/aromatic N) is 2. The van der Waals surface area contributed by atoms with Gasteiger partial charge in [0.25, 0.3) is 0 Å². The number of rotatable bonds is 5. The molecule has 4 rings (SSSR count). The summed E-state index contributed by atoms with van der Waals surface area (Å²) < 4.78 is 8.30. The van der Waals surface area contributed by atoms with Gasteiger partial charge in [-0.25, -0.2) is 4.98 Å². The number of imidazole rings is 1. The molecule has 29 heavy (non-hydrogen) atoms. The first-order valence-electron chi connectivity index (χ1n) is 9.48. The van der Waals surface area contributed by atoms with E-state index in [-0.39, 0.29) is 11.5 Å². The number of halogens is 4. The molecule has 3 aromatic rings. The molecule has 0 unspecified atom stereocenters. The molecule has 0 aliphatic heterocycles. The van der Waals surface area contributed by atoms with Crippen LogP contribution in [0, 0.1) is 0 Å². The summed E-state index contributed by atoms with van der Waals surface area (Å²) in [5.41, 5.74) is 1.02. The Morgan fingerprint density at radius 1 is 0.966 bits per heavy atom. The van der Waals surface area contributed by atoms with Crippen LogP contribution >= 0.6 is 46.4 Å². The van der Waals surface area contributed by atoms with Crippen molar-refractivity contribution < 1.29 is 4.74 Å². The fourth-order valence-electron chi connectivity index (χ4n) is 4.17. The van der Waals surface area contributed by atoms with E-state index in [4.69, 9.17) is 51.1 Å². The number of benzene rings is 2. The zero-order chi connectivity index (χ0) is 20.4. The molecule has 0 atom stereocenters. The van der Waals surface area contributed by atoms with Crippen LogP contribution in [0.25, 0.3) is 0 Å². The van der Waals surface area contributed by atoms with Gasteiger partial charge >= 0.3 is 0 Å². The molecule has 1 aromatic heterocycles. The van der Waals surface area contributed by atoms with E-state index < -0.39 is 0 Å². The predicted octanol–water partition coefficient (Wildman–Crippen LogP) is 7.46. The number of hydrogen-bond donors (Lipinski definition) is 0. The SMILES string of the molecule is Clc1ccc(OC2CCC(Cn3ccnc3)(c3ccc(Cl)cc3Cl)CC2)c(Cl)c1. The summed E-state index contributed by atoms with van der Waals surface area (Å²) in [6.07, 6.45) is 9.39. The first-order chi connectivity index (χ1) is 13.9. The summed E-state index contributed by atoms with van der Waals surface area (Å²) in [4.78, 5) is 4.20. The van der Waals surface area contributed by atoms with Crippen molar-refractivity contribution in [1.29, 1.82) is 0 Å². The molecule has 1 saturated carbocycles. The van der Waals surface area contributed by atoms with E-state index in [9.17, 15) is 0 Å². The van der Waals surface area contributed by atoms with Gasteiger partial charge in [-0.2, -0.15) is 0 Å². The van der Waals surface area contributed by atoms with E-state index in [1.165, 1.54) is 0 Å². The summed E-state index contributed by atoms with van der Waals surface area (Å²) >= 11 is 25.0. The zero-order valence-electron chi connectivity index (χ0n) is 15.6. The number of aromatic nitrogens is 2. The zero-order valence-corrected chi connectivity index (χ0v) is 18.6. The van der Waals surface area contributed by atoms with Crippen molar-refractivity contribution in [3.8, 4) is 5.75 Å². The molecule has 1 aliphatic carbocycles. The second-order valence-electron chi connectivity index (χ2n) is 7.53. The third kappa shape index (κ3) is 4.69. The minimum absolute atomic E-state index is 0.0932.